The molecule has 0 spiro atoms. The molecule has 1 aliphatic carbocycles. The molecule has 0 saturated heterocycles. The maximum atomic E-state index is 13.6. The van der Waals surface area contributed by atoms with Gasteiger partial charge in [0.25, 0.3) is 40.5 Å². The van der Waals surface area contributed by atoms with Gasteiger partial charge >= 0.3 is 0 Å². The summed E-state index contributed by atoms with van der Waals surface area (Å²) in [6.07, 6.45) is 0. The van der Waals surface area contributed by atoms with E-state index >= 15 is 0 Å². The molecule has 1 aliphatic heterocycles. The third-order valence-electron chi connectivity index (χ3n) is 11.9. The van der Waals surface area contributed by atoms with Gasteiger partial charge in [0.15, 0.2) is 0 Å². The molecule has 15 nitrogen and oxygen atoms in total. The first-order valence-electron chi connectivity index (χ1n) is 22.0. The molecule has 0 amide bonds. The van der Waals surface area contributed by atoms with Crippen LogP contribution in [0.5, 0.6) is 0 Å². The molecule has 6 rings (SSSR count). The van der Waals surface area contributed by atoms with E-state index in [9.17, 15) is 51.9 Å². The average Bonchev–Trinajstić information content (AvgIpc) is 3.20. The smallest absolute Gasteiger partial charge is 0.296 e. The number of anilines is 2. The molecule has 19 heteroatoms. The number of nitrogens with one attached hydrogen (secondary N) is 1. The Balaban J connectivity index is 1.85. The van der Waals surface area contributed by atoms with Crippen molar-refractivity contribution in [2.45, 2.75) is 138 Å². The minimum Gasteiger partial charge on any atom is -0.456 e. The Hall–Kier alpha value is -4.99. The fourth-order valence-corrected chi connectivity index (χ4v) is 11.2. The summed E-state index contributed by atoms with van der Waals surface area (Å²) in [6, 6.07) is 16.0. The van der Waals surface area contributed by atoms with Crippen LogP contribution in [0.1, 0.15) is 152 Å². The summed E-state index contributed by atoms with van der Waals surface area (Å²) < 4.78 is 153. The van der Waals surface area contributed by atoms with Crippen molar-refractivity contribution < 1.29 is 56.3 Å². The first-order valence-corrected chi connectivity index (χ1v) is 27.8. The van der Waals surface area contributed by atoms with Gasteiger partial charge in [-0.05, 0) is 117 Å². The monoisotopic (exact) mass is 1010 g/mol. The highest BCUT2D eigenvalue weighted by atomic mass is 32.2. The lowest BCUT2D eigenvalue weighted by Crippen LogP contribution is -2.17. The van der Waals surface area contributed by atoms with Crippen LogP contribution in [0.4, 0.5) is 17.1 Å². The molecule has 0 saturated carbocycles. The Morgan fingerprint density at radius 1 is 0.500 bits per heavy atom. The van der Waals surface area contributed by atoms with Crippen molar-refractivity contribution in [2.75, 3.05) is 5.32 Å². The Kier molecular flexibility index (Phi) is 14.4. The predicted octanol–water partition coefficient (Wildman–Crippen LogP) is 11.9. The van der Waals surface area contributed by atoms with Crippen molar-refractivity contribution in [3.63, 3.8) is 0 Å². The van der Waals surface area contributed by atoms with Crippen LogP contribution < -0.4 is 10.7 Å². The van der Waals surface area contributed by atoms with Gasteiger partial charge in [-0.3, -0.25) is 18.2 Å². The van der Waals surface area contributed by atoms with Crippen LogP contribution in [0.25, 0.3) is 33.4 Å². The van der Waals surface area contributed by atoms with Gasteiger partial charge in [-0.15, -0.1) is 0 Å². The van der Waals surface area contributed by atoms with Crippen molar-refractivity contribution in [3.8, 4) is 22.5 Å². The van der Waals surface area contributed by atoms with Gasteiger partial charge in [-0.2, -0.15) is 33.7 Å². The first-order chi connectivity index (χ1) is 31.2. The summed E-state index contributed by atoms with van der Waals surface area (Å²) in [5.41, 5.74) is 4.34. The summed E-state index contributed by atoms with van der Waals surface area (Å²) in [7, 11) is -19.4. The fraction of sp³-hybridized carbons (Fsp3) is 0.367. The van der Waals surface area contributed by atoms with E-state index in [1.54, 1.807) is 71.9 Å². The van der Waals surface area contributed by atoms with Gasteiger partial charge in [0.05, 0.1) is 20.8 Å². The van der Waals surface area contributed by atoms with E-state index < -0.39 is 68.0 Å². The molecule has 4 aromatic carbocycles. The van der Waals surface area contributed by atoms with Crippen molar-refractivity contribution in [3.05, 3.63) is 105 Å². The minimum absolute atomic E-state index is 0.0187. The van der Waals surface area contributed by atoms with E-state index in [0.29, 0.717) is 44.8 Å². The zero-order chi connectivity index (χ0) is 50.9. The zero-order valence-corrected chi connectivity index (χ0v) is 43.1. The molecule has 366 valence electrons. The summed E-state index contributed by atoms with van der Waals surface area (Å²) in [6.45, 7) is 21.9. The standard InChI is InChI=1S/C49H58N2O13S4/c1-24(2)30-15-39(29(11)12)49(68(61,62)63)41(16-30)46-34-14-13-31(50-47-35(25(3)4)18-32(65(52,53)54)19-36(47)26(5)6)17-43(34)64-44-23-42(45(22-40(44)46)67(58,59)60)51-48-37(27(7)8)20-33(66(55,56)57)21-38(48)28(9)10/h13-29,50H,1-12H3,(H,52,53,54)(H,55,56,57)(H,58,59,60)(H,61,62,63)/b51-42+. The van der Waals surface area contributed by atoms with Crippen molar-refractivity contribution in [1.29, 1.82) is 0 Å². The third kappa shape index (κ3) is 10.6. The SMILES string of the molecule is CC(C)c1cc(-c2c3cc(S(=O)(=O)O)/c(=N/c4c(C(C)C)cc(S(=O)(=O)O)cc4C(C)C)cc-3oc3cc(Nc4c(C(C)C)cc(S(=O)(=O)O)cc4C(C)C)ccc23)c(S(=O)(=O)O)c(C(C)C)c1. The lowest BCUT2D eigenvalue weighted by Gasteiger charge is -2.24. The normalized spacial score (nSPS) is 13.5. The second-order valence-electron chi connectivity index (χ2n) is 19.0. The molecule has 68 heavy (non-hydrogen) atoms. The number of rotatable bonds is 14. The van der Waals surface area contributed by atoms with Crippen LogP contribution in [0.2, 0.25) is 0 Å². The maximum Gasteiger partial charge on any atom is 0.296 e. The van der Waals surface area contributed by atoms with Gasteiger partial charge < -0.3 is 9.73 Å². The summed E-state index contributed by atoms with van der Waals surface area (Å²) in [5.74, 6) is -1.89. The molecular formula is C49H58N2O13S4. The van der Waals surface area contributed by atoms with Gasteiger partial charge in [0.2, 0.25) is 0 Å². The summed E-state index contributed by atoms with van der Waals surface area (Å²) in [4.78, 5) is 3.04. The second kappa shape index (κ2) is 18.7. The highest BCUT2D eigenvalue weighted by Crippen LogP contribution is 2.47. The fourth-order valence-electron chi connectivity index (χ4n) is 8.42. The molecule has 0 fully saturated rings. The highest BCUT2D eigenvalue weighted by Gasteiger charge is 2.31. The average molecular weight is 1010 g/mol. The van der Waals surface area contributed by atoms with Crippen molar-refractivity contribution in [1.82, 2.24) is 0 Å². The van der Waals surface area contributed by atoms with Crippen LogP contribution in [-0.4, -0.2) is 51.9 Å². The number of fused-ring (bicyclic) bond motifs is 2. The van der Waals surface area contributed by atoms with Crippen LogP contribution >= 0.6 is 0 Å². The Bertz CT molecular complexity index is 3440. The van der Waals surface area contributed by atoms with E-state index in [1.165, 1.54) is 30.3 Å². The van der Waals surface area contributed by atoms with E-state index in [0.717, 1.165) is 6.07 Å². The quantitative estimate of drug-likeness (QED) is 0.0502. The van der Waals surface area contributed by atoms with Crippen molar-refractivity contribution in [2.24, 2.45) is 4.99 Å². The predicted molar refractivity (Wildman–Crippen MR) is 263 cm³/mol. The van der Waals surface area contributed by atoms with Gasteiger partial charge in [-0.1, -0.05) is 89.2 Å². The number of benzene rings is 5. The van der Waals surface area contributed by atoms with Crippen LogP contribution in [-0.2, 0) is 40.5 Å². The molecule has 5 N–H and O–H groups in total. The molecule has 0 unspecified atom stereocenters. The highest BCUT2D eigenvalue weighted by molar-refractivity contribution is 7.86. The lowest BCUT2D eigenvalue weighted by atomic mass is 9.87. The Labute approximate surface area is 399 Å². The Morgan fingerprint density at radius 2 is 0.985 bits per heavy atom. The summed E-state index contributed by atoms with van der Waals surface area (Å²) in [5, 5.41) is 3.38. The van der Waals surface area contributed by atoms with E-state index in [-0.39, 0.29) is 72.0 Å². The van der Waals surface area contributed by atoms with Gasteiger partial charge in [0, 0.05) is 45.6 Å². The van der Waals surface area contributed by atoms with E-state index in [1.807, 2.05) is 41.5 Å². The number of nitrogens with zero attached hydrogens (tertiary/aromatic N) is 1. The Morgan fingerprint density at radius 3 is 1.41 bits per heavy atom. The second-order valence-corrected chi connectivity index (χ2v) is 24.6. The van der Waals surface area contributed by atoms with Crippen LogP contribution in [0.15, 0.2) is 95.7 Å². The maximum absolute atomic E-state index is 13.6. The molecule has 0 atom stereocenters. The topological polar surface area (TPSA) is 255 Å². The third-order valence-corrected chi connectivity index (χ3v) is 15.5. The number of hydrogen-bond donors (Lipinski definition) is 5. The number of hydrogen-bond acceptors (Lipinski definition) is 11. The zero-order valence-electron chi connectivity index (χ0n) is 39.9. The minimum atomic E-state index is -5.15. The van der Waals surface area contributed by atoms with Crippen LogP contribution in [0, 0.1) is 0 Å². The van der Waals surface area contributed by atoms with E-state index in [2.05, 4.69) is 5.32 Å². The molecular weight excluding hydrogens is 953 g/mol. The van der Waals surface area contributed by atoms with E-state index in [4.69, 9.17) is 9.41 Å². The largest absolute Gasteiger partial charge is 0.456 e. The van der Waals surface area contributed by atoms with Crippen LogP contribution in [0.3, 0.4) is 0 Å². The molecule has 4 aromatic rings. The van der Waals surface area contributed by atoms with Gasteiger partial charge in [0.1, 0.15) is 21.1 Å². The molecule has 1 heterocycles. The molecule has 0 bridgehead atoms. The molecule has 0 aromatic heterocycles. The van der Waals surface area contributed by atoms with Gasteiger partial charge in [-0.25, -0.2) is 4.99 Å². The lowest BCUT2D eigenvalue weighted by molar-refractivity contribution is 0.479. The molecule has 2 aliphatic rings. The van der Waals surface area contributed by atoms with Crippen molar-refractivity contribution >= 4 is 68.5 Å². The molecule has 0 radical (unpaired) electrons. The summed E-state index contributed by atoms with van der Waals surface area (Å²) >= 11 is 0. The first kappa shape index (κ1) is 52.4.